The molecule has 6 nitrogen and oxygen atoms in total. The minimum absolute atomic E-state index is 0.277. The fourth-order valence-corrected chi connectivity index (χ4v) is 3.75. The van der Waals surface area contributed by atoms with Crippen molar-refractivity contribution in [3.8, 4) is 0 Å². The molecule has 1 atom stereocenters. The maximum absolute atomic E-state index is 11.9. The molecule has 0 N–H and O–H groups in total. The standard InChI is InChI=1S/C14H21N5OS/c1-4-7-18-8-10(5-6-11(18)20)13-17-19-12(9(2)3)15-16-14(19)21-13/h9-10H,4-8H2,1-3H3/t10-/m1/s1. The molecule has 0 unspecified atom stereocenters. The number of carbonyl (C=O) groups excluding carboxylic acids is 1. The molecule has 1 aliphatic heterocycles. The minimum Gasteiger partial charge on any atom is -0.342 e. The van der Waals surface area contributed by atoms with Crippen LogP contribution < -0.4 is 0 Å². The lowest BCUT2D eigenvalue weighted by Crippen LogP contribution is -2.39. The molecule has 7 heteroatoms. The first-order valence-electron chi connectivity index (χ1n) is 7.60. The van der Waals surface area contributed by atoms with Crippen LogP contribution >= 0.6 is 11.3 Å². The van der Waals surface area contributed by atoms with Crippen LogP contribution in [0.1, 0.15) is 62.7 Å². The maximum atomic E-state index is 11.9. The molecule has 114 valence electrons. The monoisotopic (exact) mass is 307 g/mol. The van der Waals surface area contributed by atoms with E-state index >= 15 is 0 Å². The van der Waals surface area contributed by atoms with Crippen LogP contribution in [0, 0.1) is 0 Å². The molecule has 0 aromatic carbocycles. The van der Waals surface area contributed by atoms with E-state index in [1.807, 2.05) is 9.42 Å². The molecule has 0 radical (unpaired) electrons. The van der Waals surface area contributed by atoms with Gasteiger partial charge in [0.15, 0.2) is 5.82 Å². The first-order valence-corrected chi connectivity index (χ1v) is 8.41. The van der Waals surface area contributed by atoms with E-state index in [0.717, 1.165) is 41.7 Å². The molecule has 2 aromatic rings. The summed E-state index contributed by atoms with van der Waals surface area (Å²) in [7, 11) is 0. The smallest absolute Gasteiger partial charge is 0.234 e. The summed E-state index contributed by atoms with van der Waals surface area (Å²) in [5, 5.41) is 14.2. The zero-order valence-corrected chi connectivity index (χ0v) is 13.6. The normalized spacial score (nSPS) is 19.9. The van der Waals surface area contributed by atoms with Crippen molar-refractivity contribution in [1.29, 1.82) is 0 Å². The second-order valence-corrected chi connectivity index (χ2v) is 6.91. The lowest BCUT2D eigenvalue weighted by Gasteiger charge is -2.31. The largest absolute Gasteiger partial charge is 0.342 e. The Morgan fingerprint density at radius 2 is 2.19 bits per heavy atom. The Morgan fingerprint density at radius 3 is 2.90 bits per heavy atom. The highest BCUT2D eigenvalue weighted by Crippen LogP contribution is 2.31. The van der Waals surface area contributed by atoms with Crippen molar-refractivity contribution in [2.45, 2.75) is 51.9 Å². The zero-order chi connectivity index (χ0) is 15.0. The van der Waals surface area contributed by atoms with Crippen LogP contribution in [0.15, 0.2) is 0 Å². The van der Waals surface area contributed by atoms with Crippen LogP contribution in [0.5, 0.6) is 0 Å². The highest BCUT2D eigenvalue weighted by molar-refractivity contribution is 7.16. The number of likely N-dealkylation sites (tertiary alicyclic amines) is 1. The summed E-state index contributed by atoms with van der Waals surface area (Å²) < 4.78 is 1.87. The number of aromatic nitrogens is 4. The maximum Gasteiger partial charge on any atom is 0.234 e. The van der Waals surface area contributed by atoms with Gasteiger partial charge in [0.25, 0.3) is 0 Å². The van der Waals surface area contributed by atoms with Crippen LogP contribution in [0.2, 0.25) is 0 Å². The third-order valence-electron chi connectivity index (χ3n) is 3.89. The molecule has 1 aliphatic rings. The number of hydrogen-bond donors (Lipinski definition) is 0. The number of nitrogens with zero attached hydrogens (tertiary/aromatic N) is 5. The molecular formula is C14H21N5OS. The second-order valence-electron chi connectivity index (χ2n) is 5.92. The third kappa shape index (κ3) is 2.66. The van der Waals surface area contributed by atoms with Crippen molar-refractivity contribution >= 4 is 22.2 Å². The van der Waals surface area contributed by atoms with Gasteiger partial charge in [-0.2, -0.15) is 9.61 Å². The molecule has 1 amide bonds. The summed E-state index contributed by atoms with van der Waals surface area (Å²) in [6.45, 7) is 7.93. The van der Waals surface area contributed by atoms with Crippen molar-refractivity contribution in [2.24, 2.45) is 0 Å². The molecule has 1 fully saturated rings. The van der Waals surface area contributed by atoms with E-state index in [2.05, 4.69) is 31.0 Å². The van der Waals surface area contributed by atoms with E-state index in [-0.39, 0.29) is 5.91 Å². The molecule has 0 aliphatic carbocycles. The summed E-state index contributed by atoms with van der Waals surface area (Å²) in [6.07, 6.45) is 2.52. The average Bonchev–Trinajstić information content (AvgIpc) is 3.00. The molecule has 21 heavy (non-hydrogen) atoms. The van der Waals surface area contributed by atoms with Crippen LogP contribution in [-0.2, 0) is 4.79 Å². The molecule has 3 rings (SSSR count). The Hall–Kier alpha value is -1.50. The van der Waals surface area contributed by atoms with Gasteiger partial charge in [0.1, 0.15) is 5.01 Å². The Morgan fingerprint density at radius 1 is 1.38 bits per heavy atom. The molecular weight excluding hydrogens is 286 g/mol. The lowest BCUT2D eigenvalue weighted by atomic mass is 9.98. The Kier molecular flexibility index (Phi) is 3.93. The molecule has 0 saturated carbocycles. The van der Waals surface area contributed by atoms with Crippen molar-refractivity contribution < 1.29 is 4.79 Å². The van der Waals surface area contributed by atoms with Gasteiger partial charge < -0.3 is 4.90 Å². The number of rotatable bonds is 4. The average molecular weight is 307 g/mol. The van der Waals surface area contributed by atoms with Crippen LogP contribution in [0.25, 0.3) is 4.96 Å². The van der Waals surface area contributed by atoms with Gasteiger partial charge in [-0.25, -0.2) is 0 Å². The van der Waals surface area contributed by atoms with Gasteiger partial charge in [-0.3, -0.25) is 4.79 Å². The predicted octanol–water partition coefficient (Wildman–Crippen LogP) is 2.43. The van der Waals surface area contributed by atoms with Gasteiger partial charge in [-0.15, -0.1) is 10.2 Å². The molecule has 0 bridgehead atoms. The highest BCUT2D eigenvalue weighted by atomic mass is 32.1. The second kappa shape index (κ2) is 5.71. The third-order valence-corrected chi connectivity index (χ3v) is 4.95. The first-order chi connectivity index (χ1) is 10.1. The molecule has 1 saturated heterocycles. The summed E-state index contributed by atoms with van der Waals surface area (Å²) in [6, 6.07) is 0. The summed E-state index contributed by atoms with van der Waals surface area (Å²) in [5.74, 6) is 1.82. The van der Waals surface area contributed by atoms with E-state index in [1.54, 1.807) is 11.3 Å². The topological polar surface area (TPSA) is 63.4 Å². The van der Waals surface area contributed by atoms with E-state index in [4.69, 9.17) is 5.10 Å². The van der Waals surface area contributed by atoms with Crippen LogP contribution in [0.4, 0.5) is 0 Å². The predicted molar refractivity (Wildman–Crippen MR) is 81.6 cm³/mol. The van der Waals surface area contributed by atoms with Gasteiger partial charge in [0.2, 0.25) is 10.9 Å². The Balaban J connectivity index is 1.85. The van der Waals surface area contributed by atoms with Crippen LogP contribution in [-0.4, -0.2) is 43.7 Å². The van der Waals surface area contributed by atoms with Gasteiger partial charge in [0, 0.05) is 31.3 Å². The van der Waals surface area contributed by atoms with E-state index in [0.29, 0.717) is 18.3 Å². The van der Waals surface area contributed by atoms with Gasteiger partial charge >= 0.3 is 0 Å². The van der Waals surface area contributed by atoms with Crippen molar-refractivity contribution in [2.75, 3.05) is 13.1 Å². The summed E-state index contributed by atoms with van der Waals surface area (Å²) in [5.41, 5.74) is 0. The number of piperidine rings is 1. The minimum atomic E-state index is 0.277. The van der Waals surface area contributed by atoms with Crippen molar-refractivity contribution in [3.05, 3.63) is 10.8 Å². The van der Waals surface area contributed by atoms with E-state index < -0.39 is 0 Å². The highest BCUT2D eigenvalue weighted by Gasteiger charge is 2.29. The van der Waals surface area contributed by atoms with Gasteiger partial charge in [-0.05, 0) is 12.8 Å². The summed E-state index contributed by atoms with van der Waals surface area (Å²) >= 11 is 1.60. The van der Waals surface area contributed by atoms with Gasteiger partial charge in [0.05, 0.1) is 0 Å². The van der Waals surface area contributed by atoms with Gasteiger partial charge in [-0.1, -0.05) is 32.1 Å². The number of amides is 1. The van der Waals surface area contributed by atoms with E-state index in [9.17, 15) is 4.79 Å². The fraction of sp³-hybridized carbons (Fsp3) is 0.714. The summed E-state index contributed by atoms with van der Waals surface area (Å²) in [4.78, 5) is 14.7. The number of carbonyl (C=O) groups is 1. The molecule has 0 spiro atoms. The Bertz CT molecular complexity index is 647. The Labute approximate surface area is 128 Å². The lowest BCUT2D eigenvalue weighted by molar-refractivity contribution is -0.133. The zero-order valence-electron chi connectivity index (χ0n) is 12.7. The van der Waals surface area contributed by atoms with Crippen LogP contribution in [0.3, 0.4) is 0 Å². The molecule has 3 heterocycles. The molecule has 2 aromatic heterocycles. The number of hydrogen-bond acceptors (Lipinski definition) is 5. The first kappa shape index (κ1) is 14.4. The van der Waals surface area contributed by atoms with Crippen molar-refractivity contribution in [1.82, 2.24) is 24.7 Å². The fourth-order valence-electron chi connectivity index (χ4n) is 2.77. The van der Waals surface area contributed by atoms with Crippen molar-refractivity contribution in [3.63, 3.8) is 0 Å². The SMILES string of the molecule is CCCN1C[C@H](c2nn3c(C(C)C)nnc3s2)CCC1=O. The van der Waals surface area contributed by atoms with E-state index in [1.165, 1.54) is 0 Å². The number of fused-ring (bicyclic) bond motifs is 1. The quantitative estimate of drug-likeness (QED) is 0.870.